The monoisotopic (exact) mass is 431 g/mol. The Hall–Kier alpha value is -3.11. The number of aromatic amines is 1. The molecule has 4 rings (SSSR count). The Morgan fingerprint density at radius 3 is 2.60 bits per heavy atom. The van der Waals surface area contributed by atoms with Crippen molar-refractivity contribution >= 4 is 11.9 Å². The number of nitrogens with one attached hydrogen (secondary N) is 1. The van der Waals surface area contributed by atoms with Crippen molar-refractivity contribution in [1.29, 1.82) is 0 Å². The average Bonchev–Trinajstić information content (AvgIpc) is 3.41. The minimum Gasteiger partial charge on any atom is -0.333 e. The predicted octanol–water partition coefficient (Wildman–Crippen LogP) is 4.90. The molecule has 0 saturated heterocycles. The molecule has 154 valence electrons. The van der Waals surface area contributed by atoms with E-state index in [9.17, 15) is 13.2 Å². The molecule has 10 heteroatoms. The van der Waals surface area contributed by atoms with Gasteiger partial charge in [-0.2, -0.15) is 23.3 Å². The maximum absolute atomic E-state index is 12.7. The lowest BCUT2D eigenvalue weighted by Gasteiger charge is -2.07. The number of H-pyrrole nitrogens is 1. The van der Waals surface area contributed by atoms with Gasteiger partial charge in [0.05, 0.1) is 17.3 Å². The van der Waals surface area contributed by atoms with Crippen LogP contribution in [0.4, 0.5) is 13.2 Å². The molecule has 0 radical (unpaired) electrons. The van der Waals surface area contributed by atoms with E-state index < -0.39 is 11.7 Å². The van der Waals surface area contributed by atoms with Crippen LogP contribution in [0, 0.1) is 0 Å². The summed E-state index contributed by atoms with van der Waals surface area (Å²) in [5.41, 5.74) is 2.31. The molecular formula is C20H16F3N5OS. The molecule has 2 aromatic heterocycles. The number of alkyl halides is 3. The van der Waals surface area contributed by atoms with Gasteiger partial charge in [-0.3, -0.25) is 10.2 Å². The minimum atomic E-state index is -4.34. The van der Waals surface area contributed by atoms with Crippen LogP contribution in [0.1, 0.15) is 16.8 Å². The molecule has 2 aromatic carbocycles. The Labute approximate surface area is 173 Å². The molecule has 3 N–H and O–H groups in total. The number of hydrogen-bond donors (Lipinski definition) is 2. The number of benzene rings is 2. The number of rotatable bonds is 6. The van der Waals surface area contributed by atoms with Gasteiger partial charge < -0.3 is 4.52 Å². The summed E-state index contributed by atoms with van der Waals surface area (Å²) in [6.07, 6.45) is -1.69. The predicted molar refractivity (Wildman–Crippen MR) is 106 cm³/mol. The van der Waals surface area contributed by atoms with Crippen molar-refractivity contribution in [2.75, 3.05) is 0 Å². The van der Waals surface area contributed by atoms with Gasteiger partial charge in [0, 0.05) is 16.2 Å². The molecule has 0 aliphatic rings. The third-order valence-electron chi connectivity index (χ3n) is 4.55. The second-order valence-corrected chi connectivity index (χ2v) is 7.23. The van der Waals surface area contributed by atoms with Crippen molar-refractivity contribution in [2.24, 2.45) is 5.14 Å². The molecule has 4 aromatic rings. The molecule has 0 aliphatic carbocycles. The highest BCUT2D eigenvalue weighted by molar-refractivity contribution is 7.97. The first-order valence-electron chi connectivity index (χ1n) is 8.93. The van der Waals surface area contributed by atoms with E-state index >= 15 is 0 Å². The first-order valence-corrected chi connectivity index (χ1v) is 9.81. The lowest BCUT2D eigenvalue weighted by Crippen LogP contribution is -2.04. The van der Waals surface area contributed by atoms with Crippen LogP contribution in [0.25, 0.3) is 22.8 Å². The third kappa shape index (κ3) is 4.39. The van der Waals surface area contributed by atoms with E-state index in [4.69, 9.17) is 9.66 Å². The summed E-state index contributed by atoms with van der Waals surface area (Å²) in [7, 11) is 0. The van der Waals surface area contributed by atoms with Gasteiger partial charge in [-0.1, -0.05) is 29.4 Å². The normalized spacial score (nSPS) is 11.7. The summed E-state index contributed by atoms with van der Waals surface area (Å²) in [6, 6.07) is 12.6. The zero-order valence-electron chi connectivity index (χ0n) is 15.5. The molecule has 0 aliphatic heterocycles. The number of aromatic nitrogens is 4. The Kier molecular flexibility index (Phi) is 5.60. The van der Waals surface area contributed by atoms with Crippen LogP contribution < -0.4 is 5.14 Å². The van der Waals surface area contributed by atoms with E-state index in [1.165, 1.54) is 12.1 Å². The van der Waals surface area contributed by atoms with Gasteiger partial charge >= 0.3 is 6.18 Å². The molecular weight excluding hydrogens is 415 g/mol. The molecule has 0 spiro atoms. The number of hydrogen-bond acceptors (Lipinski definition) is 6. The van der Waals surface area contributed by atoms with Crippen molar-refractivity contribution in [3.05, 3.63) is 71.5 Å². The highest BCUT2D eigenvalue weighted by Crippen LogP contribution is 2.30. The van der Waals surface area contributed by atoms with E-state index in [2.05, 4.69) is 20.3 Å². The fourth-order valence-electron chi connectivity index (χ4n) is 2.98. The van der Waals surface area contributed by atoms with Crippen molar-refractivity contribution in [3.63, 3.8) is 0 Å². The number of nitrogens with two attached hydrogens (primary N) is 1. The fraction of sp³-hybridized carbons (Fsp3) is 0.150. The van der Waals surface area contributed by atoms with Crippen LogP contribution in [-0.2, 0) is 19.0 Å². The maximum atomic E-state index is 12.7. The molecule has 30 heavy (non-hydrogen) atoms. The van der Waals surface area contributed by atoms with Gasteiger partial charge in [0.15, 0.2) is 0 Å². The molecule has 0 unspecified atom stereocenters. The fourth-order valence-corrected chi connectivity index (χ4v) is 3.33. The van der Waals surface area contributed by atoms with Gasteiger partial charge in [-0.05, 0) is 54.6 Å². The zero-order valence-corrected chi connectivity index (χ0v) is 16.3. The second kappa shape index (κ2) is 8.33. The van der Waals surface area contributed by atoms with Crippen LogP contribution in [0.15, 0.2) is 64.1 Å². The van der Waals surface area contributed by atoms with Crippen LogP contribution in [0.5, 0.6) is 0 Å². The molecule has 0 atom stereocenters. The van der Waals surface area contributed by atoms with Crippen molar-refractivity contribution < 1.29 is 17.7 Å². The Morgan fingerprint density at radius 1 is 1.07 bits per heavy atom. The molecule has 2 heterocycles. The van der Waals surface area contributed by atoms with E-state index in [1.54, 1.807) is 6.20 Å². The summed E-state index contributed by atoms with van der Waals surface area (Å²) in [4.78, 5) is 5.31. The van der Waals surface area contributed by atoms with Crippen LogP contribution >= 0.6 is 11.9 Å². The lowest BCUT2D eigenvalue weighted by atomic mass is 10.0. The zero-order chi connectivity index (χ0) is 21.1. The van der Waals surface area contributed by atoms with Crippen molar-refractivity contribution in [3.8, 4) is 22.8 Å². The highest BCUT2D eigenvalue weighted by Gasteiger charge is 2.29. The smallest absolute Gasteiger partial charge is 0.333 e. The first-order chi connectivity index (χ1) is 14.4. The summed E-state index contributed by atoms with van der Waals surface area (Å²) < 4.78 is 43.5. The van der Waals surface area contributed by atoms with Gasteiger partial charge in [0.2, 0.25) is 5.82 Å². The summed E-state index contributed by atoms with van der Waals surface area (Å²) >= 11 is 1.13. The Balaban J connectivity index is 1.49. The topological polar surface area (TPSA) is 93.6 Å². The minimum absolute atomic E-state index is 0.312. The maximum Gasteiger partial charge on any atom is 0.416 e. The quantitative estimate of drug-likeness (QED) is 0.422. The number of aryl methyl sites for hydroxylation is 2. The van der Waals surface area contributed by atoms with Gasteiger partial charge in [-0.25, -0.2) is 0 Å². The molecule has 0 fully saturated rings. The third-order valence-corrected chi connectivity index (χ3v) is 5.07. The van der Waals surface area contributed by atoms with E-state index in [0.717, 1.165) is 45.8 Å². The van der Waals surface area contributed by atoms with Crippen LogP contribution in [0.3, 0.4) is 0 Å². The van der Waals surface area contributed by atoms with Gasteiger partial charge in [0.25, 0.3) is 5.89 Å². The second-order valence-electron chi connectivity index (χ2n) is 6.53. The molecule has 6 nitrogen and oxygen atoms in total. The van der Waals surface area contributed by atoms with Gasteiger partial charge in [-0.15, -0.1) is 0 Å². The molecule has 0 bridgehead atoms. The summed E-state index contributed by atoms with van der Waals surface area (Å²) in [6.45, 7) is 0. The summed E-state index contributed by atoms with van der Waals surface area (Å²) in [5, 5.41) is 16.6. The van der Waals surface area contributed by atoms with Crippen LogP contribution in [-0.4, -0.2) is 20.3 Å². The number of nitrogens with zero attached hydrogens (tertiary/aromatic N) is 3. The van der Waals surface area contributed by atoms with E-state index in [1.807, 2.05) is 24.3 Å². The van der Waals surface area contributed by atoms with Crippen molar-refractivity contribution in [1.82, 2.24) is 20.3 Å². The van der Waals surface area contributed by atoms with Crippen LogP contribution in [0.2, 0.25) is 0 Å². The highest BCUT2D eigenvalue weighted by atomic mass is 32.2. The standard InChI is InChI=1S/C20H16F3N5OS/c21-20(22,23)14-7-4-12(5-8-14)6-9-17-16(11-25-27-17)19-26-18(28-29-19)13-2-1-3-15(10-13)30-24/h1-5,7-8,10-11H,6,9,24H2,(H,25,27). The average molecular weight is 431 g/mol. The Bertz CT molecular complexity index is 1140. The van der Waals surface area contributed by atoms with Crippen molar-refractivity contribution in [2.45, 2.75) is 23.9 Å². The Morgan fingerprint density at radius 2 is 1.87 bits per heavy atom. The number of halogens is 3. The SMILES string of the molecule is NSc1cccc(-c2noc(-c3cn[nH]c3CCc3ccc(C(F)(F)F)cc3)n2)c1. The lowest BCUT2D eigenvalue weighted by molar-refractivity contribution is -0.137. The largest absolute Gasteiger partial charge is 0.416 e. The first kappa shape index (κ1) is 20.2. The van der Waals surface area contributed by atoms with E-state index in [0.29, 0.717) is 30.1 Å². The summed E-state index contributed by atoms with van der Waals surface area (Å²) in [5.74, 6) is 0.739. The van der Waals surface area contributed by atoms with E-state index in [-0.39, 0.29) is 0 Å². The molecule has 0 saturated carbocycles. The molecule has 0 amide bonds. The van der Waals surface area contributed by atoms with Gasteiger partial charge in [0.1, 0.15) is 0 Å².